The summed E-state index contributed by atoms with van der Waals surface area (Å²) in [6.45, 7) is 1.69. The van der Waals surface area contributed by atoms with E-state index in [9.17, 15) is 26.3 Å². The summed E-state index contributed by atoms with van der Waals surface area (Å²) in [5.41, 5.74) is 0.769. The fourth-order valence-electron chi connectivity index (χ4n) is 1.01. The molecule has 0 spiro atoms. The second-order valence-electron chi connectivity index (χ2n) is 3.38. The van der Waals surface area contributed by atoms with Crippen molar-refractivity contribution in [2.24, 2.45) is 0 Å². The zero-order chi connectivity index (χ0) is 13.3. The van der Waals surface area contributed by atoms with Crippen molar-refractivity contribution in [3.8, 4) is 0 Å². The first-order valence-corrected chi connectivity index (χ1v) is 5.29. The van der Waals surface area contributed by atoms with Crippen LogP contribution in [0.25, 0.3) is 0 Å². The van der Waals surface area contributed by atoms with E-state index >= 15 is 0 Å². The lowest BCUT2D eigenvalue weighted by Gasteiger charge is -2.21. The molecule has 0 heterocycles. The zero-order valence-corrected chi connectivity index (χ0v) is 9.38. The van der Waals surface area contributed by atoms with Gasteiger partial charge in [0.25, 0.3) is 6.17 Å². The summed E-state index contributed by atoms with van der Waals surface area (Å²) >= 11 is -0.439. The molecule has 0 nitrogen and oxygen atoms in total. The van der Waals surface area contributed by atoms with Crippen LogP contribution in [0.4, 0.5) is 26.3 Å². The van der Waals surface area contributed by atoms with E-state index in [2.05, 4.69) is 0 Å². The van der Waals surface area contributed by atoms with E-state index in [0.29, 0.717) is 0 Å². The molecule has 1 rings (SSSR count). The van der Waals surface area contributed by atoms with Crippen molar-refractivity contribution in [2.75, 3.05) is 0 Å². The van der Waals surface area contributed by atoms with Gasteiger partial charge in [0, 0.05) is 4.90 Å². The predicted octanol–water partition coefficient (Wildman–Crippen LogP) is 4.58. The maximum atomic E-state index is 13.0. The molecule has 0 aromatic heterocycles. The summed E-state index contributed by atoms with van der Waals surface area (Å²) in [7, 11) is 0. The minimum atomic E-state index is -5.57. The van der Waals surface area contributed by atoms with Crippen molar-refractivity contribution in [1.29, 1.82) is 0 Å². The summed E-state index contributed by atoms with van der Waals surface area (Å²) in [6, 6.07) is 5.35. The average Bonchev–Trinajstić information content (AvgIpc) is 2.19. The molecule has 0 saturated heterocycles. The molecule has 0 unspecified atom stereocenters. The van der Waals surface area contributed by atoms with Crippen LogP contribution in [-0.4, -0.2) is 17.6 Å². The zero-order valence-electron chi connectivity index (χ0n) is 8.56. The predicted molar refractivity (Wildman–Crippen MR) is 52.9 cm³/mol. The fraction of sp³-hybridized carbons (Fsp3) is 0.400. The maximum absolute atomic E-state index is 13.0. The van der Waals surface area contributed by atoms with Gasteiger partial charge < -0.3 is 0 Å². The second-order valence-corrected chi connectivity index (χ2v) is 4.60. The van der Waals surface area contributed by atoms with Crippen molar-refractivity contribution < 1.29 is 26.3 Å². The molecule has 1 aromatic carbocycles. The summed E-state index contributed by atoms with van der Waals surface area (Å²) in [4.78, 5) is -0.118. The first-order chi connectivity index (χ1) is 7.63. The number of thioether (sulfide) groups is 1. The molecule has 17 heavy (non-hydrogen) atoms. The van der Waals surface area contributed by atoms with Gasteiger partial charge in [0.2, 0.25) is 0 Å². The normalized spacial score (nSPS) is 14.8. The SMILES string of the molecule is Cc1ccc(SC(F)(F)[C@@H](F)C(F)(F)F)cc1. The Hall–Kier alpha value is -0.850. The van der Waals surface area contributed by atoms with Crippen LogP contribution in [0.5, 0.6) is 0 Å². The summed E-state index contributed by atoms with van der Waals surface area (Å²) in [5, 5.41) is -4.53. The molecule has 0 fully saturated rings. The average molecular weight is 274 g/mol. The van der Waals surface area contributed by atoms with Gasteiger partial charge in [-0.2, -0.15) is 22.0 Å². The first kappa shape index (κ1) is 14.2. The van der Waals surface area contributed by atoms with Gasteiger partial charge in [0.1, 0.15) is 0 Å². The van der Waals surface area contributed by atoms with Crippen molar-refractivity contribution in [3.63, 3.8) is 0 Å². The standard InChI is InChI=1S/C10H8F6S/c1-6-2-4-7(5-3-6)17-10(15,16)8(11)9(12,13)14/h2-5,8H,1H3/t8-/m0/s1. The molecular weight excluding hydrogens is 266 g/mol. The molecule has 0 amide bonds. The van der Waals surface area contributed by atoms with E-state index in [4.69, 9.17) is 0 Å². The Morgan fingerprint density at radius 2 is 1.47 bits per heavy atom. The molecule has 1 aromatic rings. The van der Waals surface area contributed by atoms with Crippen LogP contribution in [0, 0.1) is 6.92 Å². The van der Waals surface area contributed by atoms with Crippen LogP contribution in [0.1, 0.15) is 5.56 Å². The molecule has 0 saturated carbocycles. The highest BCUT2D eigenvalue weighted by Gasteiger charge is 2.57. The Morgan fingerprint density at radius 3 is 1.88 bits per heavy atom. The van der Waals surface area contributed by atoms with E-state index < -0.39 is 29.4 Å². The van der Waals surface area contributed by atoms with Crippen LogP contribution in [0.15, 0.2) is 29.2 Å². The minimum Gasteiger partial charge on any atom is -0.230 e. The van der Waals surface area contributed by atoms with Crippen LogP contribution in [0.2, 0.25) is 0 Å². The highest BCUT2D eigenvalue weighted by molar-refractivity contribution is 8.00. The second kappa shape index (κ2) is 4.80. The van der Waals surface area contributed by atoms with Gasteiger partial charge >= 0.3 is 11.4 Å². The lowest BCUT2D eigenvalue weighted by Crippen LogP contribution is -2.39. The van der Waals surface area contributed by atoms with Crippen LogP contribution >= 0.6 is 11.8 Å². The monoisotopic (exact) mass is 274 g/mol. The molecular formula is C10H8F6S. The number of alkyl halides is 6. The lowest BCUT2D eigenvalue weighted by atomic mass is 10.2. The minimum absolute atomic E-state index is 0.118. The number of rotatable bonds is 3. The molecule has 96 valence electrons. The van der Waals surface area contributed by atoms with Gasteiger partial charge in [-0.05, 0) is 30.8 Å². The van der Waals surface area contributed by atoms with Crippen LogP contribution in [-0.2, 0) is 0 Å². The summed E-state index contributed by atoms with van der Waals surface area (Å²) in [5.74, 6) is 0. The third-order valence-electron chi connectivity index (χ3n) is 1.86. The number of aryl methyl sites for hydroxylation is 1. The Labute approximate surface area is 98.0 Å². The highest BCUT2D eigenvalue weighted by Crippen LogP contribution is 2.45. The summed E-state index contributed by atoms with van der Waals surface area (Å²) < 4.78 is 74.0. The lowest BCUT2D eigenvalue weighted by molar-refractivity contribution is -0.219. The van der Waals surface area contributed by atoms with Crippen LogP contribution in [0.3, 0.4) is 0 Å². The number of hydrogen-bond acceptors (Lipinski definition) is 1. The van der Waals surface area contributed by atoms with Gasteiger partial charge in [-0.3, -0.25) is 0 Å². The third kappa shape index (κ3) is 3.83. The molecule has 0 N–H and O–H groups in total. The molecule has 0 aliphatic heterocycles. The molecule has 0 aliphatic carbocycles. The van der Waals surface area contributed by atoms with Crippen molar-refractivity contribution in [1.82, 2.24) is 0 Å². The fourth-order valence-corrected chi connectivity index (χ4v) is 1.83. The van der Waals surface area contributed by atoms with E-state index in [1.165, 1.54) is 24.3 Å². The molecule has 0 aliphatic rings. The van der Waals surface area contributed by atoms with Crippen molar-refractivity contribution in [2.45, 2.75) is 29.4 Å². The maximum Gasteiger partial charge on any atom is 0.426 e. The molecule has 1 atom stereocenters. The quantitative estimate of drug-likeness (QED) is 0.574. The van der Waals surface area contributed by atoms with E-state index in [1.54, 1.807) is 6.92 Å². The van der Waals surface area contributed by atoms with Crippen LogP contribution < -0.4 is 0 Å². The molecule has 0 radical (unpaired) electrons. The van der Waals surface area contributed by atoms with Gasteiger partial charge in [-0.15, -0.1) is 0 Å². The highest BCUT2D eigenvalue weighted by atomic mass is 32.2. The van der Waals surface area contributed by atoms with E-state index in [1.807, 2.05) is 0 Å². The molecule has 0 bridgehead atoms. The van der Waals surface area contributed by atoms with Gasteiger partial charge in [0.05, 0.1) is 0 Å². The first-order valence-electron chi connectivity index (χ1n) is 4.47. The molecule has 7 heteroatoms. The number of halogens is 6. The topological polar surface area (TPSA) is 0 Å². The largest absolute Gasteiger partial charge is 0.426 e. The van der Waals surface area contributed by atoms with E-state index in [-0.39, 0.29) is 4.90 Å². The van der Waals surface area contributed by atoms with E-state index in [0.717, 1.165) is 5.56 Å². The van der Waals surface area contributed by atoms with Gasteiger partial charge in [-0.1, -0.05) is 17.7 Å². The van der Waals surface area contributed by atoms with Gasteiger partial charge in [-0.25, -0.2) is 4.39 Å². The Bertz CT molecular complexity index is 369. The van der Waals surface area contributed by atoms with Crippen molar-refractivity contribution >= 4 is 11.8 Å². The Morgan fingerprint density at radius 1 is 1.00 bits per heavy atom. The number of benzene rings is 1. The smallest absolute Gasteiger partial charge is 0.230 e. The van der Waals surface area contributed by atoms with Crippen molar-refractivity contribution in [3.05, 3.63) is 29.8 Å². The number of hydrogen-bond donors (Lipinski definition) is 0. The summed E-state index contributed by atoms with van der Waals surface area (Å²) in [6.07, 6.45) is -9.75. The van der Waals surface area contributed by atoms with Gasteiger partial charge in [0.15, 0.2) is 0 Å². The Balaban J connectivity index is 2.82. The Kier molecular flexibility index (Phi) is 4.01. The third-order valence-corrected chi connectivity index (χ3v) is 2.84.